The molecule has 0 saturated heterocycles. The van der Waals surface area contributed by atoms with Crippen molar-refractivity contribution < 1.29 is 4.79 Å². The number of hydrogen-bond acceptors (Lipinski definition) is 5. The van der Waals surface area contributed by atoms with Crippen LogP contribution in [0.4, 0.5) is 0 Å². The predicted octanol–water partition coefficient (Wildman–Crippen LogP) is 1.97. The zero-order valence-electron chi connectivity index (χ0n) is 13.0. The van der Waals surface area contributed by atoms with Gasteiger partial charge in [0, 0.05) is 24.5 Å². The third kappa shape index (κ3) is 3.57. The fourth-order valence-electron chi connectivity index (χ4n) is 2.47. The quantitative estimate of drug-likeness (QED) is 0.708. The van der Waals surface area contributed by atoms with Crippen LogP contribution in [0.15, 0.2) is 55.1 Å². The molecule has 122 valence electrons. The van der Waals surface area contributed by atoms with Crippen LogP contribution in [-0.4, -0.2) is 43.0 Å². The van der Waals surface area contributed by atoms with E-state index in [9.17, 15) is 4.79 Å². The highest BCUT2D eigenvalue weighted by Gasteiger charge is 2.24. The molecule has 3 rings (SSSR count). The van der Waals surface area contributed by atoms with Gasteiger partial charge in [-0.2, -0.15) is 0 Å². The van der Waals surface area contributed by atoms with Crippen LogP contribution in [0.3, 0.4) is 0 Å². The molecule has 1 aromatic carbocycles. The molecule has 0 spiro atoms. The van der Waals surface area contributed by atoms with Crippen LogP contribution >= 0.6 is 11.6 Å². The number of hydrogen-bond donors (Lipinski definition) is 0. The molecule has 0 aliphatic carbocycles. The Hall–Kier alpha value is -2.80. The van der Waals surface area contributed by atoms with Gasteiger partial charge < -0.3 is 4.90 Å². The zero-order chi connectivity index (χ0) is 16.9. The van der Waals surface area contributed by atoms with Gasteiger partial charge >= 0.3 is 0 Å². The van der Waals surface area contributed by atoms with Crippen molar-refractivity contribution in [2.75, 3.05) is 7.05 Å². The molecule has 0 unspecified atom stereocenters. The van der Waals surface area contributed by atoms with E-state index in [1.165, 1.54) is 11.0 Å². The molecule has 24 heavy (non-hydrogen) atoms. The predicted molar refractivity (Wildman–Crippen MR) is 88.1 cm³/mol. The molecule has 0 aliphatic rings. The van der Waals surface area contributed by atoms with Gasteiger partial charge in [0.1, 0.15) is 12.9 Å². The van der Waals surface area contributed by atoms with Gasteiger partial charge in [-0.3, -0.25) is 9.78 Å². The van der Waals surface area contributed by atoms with Crippen LogP contribution in [0.1, 0.15) is 17.2 Å². The standard InChI is InChI=1S/C16H15ClN6O/c1-22(15(24)10-23-11-19-20-21-23)16(13-3-2-8-18-9-13)12-4-6-14(17)7-5-12/h2-9,11,16H,10H2,1H3/t16-/m0/s1. The van der Waals surface area contributed by atoms with E-state index < -0.39 is 0 Å². The van der Waals surface area contributed by atoms with E-state index in [1.807, 2.05) is 24.3 Å². The summed E-state index contributed by atoms with van der Waals surface area (Å²) in [6, 6.07) is 10.9. The molecule has 0 fully saturated rings. The summed E-state index contributed by atoms with van der Waals surface area (Å²) in [5, 5.41) is 11.5. The van der Waals surface area contributed by atoms with E-state index >= 15 is 0 Å². The summed E-state index contributed by atoms with van der Waals surface area (Å²) in [4.78, 5) is 18.4. The van der Waals surface area contributed by atoms with Crippen molar-refractivity contribution in [2.45, 2.75) is 12.6 Å². The molecule has 0 saturated carbocycles. The second-order valence-corrected chi connectivity index (χ2v) is 5.69. The average molecular weight is 343 g/mol. The lowest BCUT2D eigenvalue weighted by Gasteiger charge is -2.29. The lowest BCUT2D eigenvalue weighted by Crippen LogP contribution is -2.34. The van der Waals surface area contributed by atoms with Gasteiger partial charge in [-0.05, 0) is 39.8 Å². The average Bonchev–Trinajstić information content (AvgIpc) is 3.10. The Morgan fingerprint density at radius 1 is 1.25 bits per heavy atom. The number of tetrazole rings is 1. The number of rotatable bonds is 5. The molecule has 0 radical (unpaired) electrons. The first-order valence-electron chi connectivity index (χ1n) is 7.27. The Balaban J connectivity index is 1.91. The van der Waals surface area contributed by atoms with Crippen LogP contribution in [-0.2, 0) is 11.3 Å². The second-order valence-electron chi connectivity index (χ2n) is 5.25. The number of amides is 1. The molecule has 0 aliphatic heterocycles. The van der Waals surface area contributed by atoms with Crippen molar-refractivity contribution in [1.82, 2.24) is 30.1 Å². The molecule has 3 aromatic rings. The van der Waals surface area contributed by atoms with Gasteiger partial charge in [0.15, 0.2) is 0 Å². The van der Waals surface area contributed by atoms with Gasteiger partial charge in [-0.25, -0.2) is 4.68 Å². The Morgan fingerprint density at radius 3 is 2.67 bits per heavy atom. The van der Waals surface area contributed by atoms with Crippen molar-refractivity contribution in [3.8, 4) is 0 Å². The molecule has 0 bridgehead atoms. The molecule has 8 heteroatoms. The summed E-state index contributed by atoms with van der Waals surface area (Å²) in [6.45, 7) is 0.0633. The van der Waals surface area contributed by atoms with Gasteiger partial charge in [0.2, 0.25) is 5.91 Å². The zero-order valence-corrected chi connectivity index (χ0v) is 13.7. The van der Waals surface area contributed by atoms with Crippen LogP contribution < -0.4 is 0 Å². The van der Waals surface area contributed by atoms with Crippen molar-refractivity contribution in [3.63, 3.8) is 0 Å². The second kappa shape index (κ2) is 7.18. The molecule has 1 atom stereocenters. The number of carbonyl (C=O) groups is 1. The molecule has 2 heterocycles. The smallest absolute Gasteiger partial charge is 0.244 e. The maximum Gasteiger partial charge on any atom is 0.244 e. The van der Waals surface area contributed by atoms with E-state index in [4.69, 9.17) is 11.6 Å². The lowest BCUT2D eigenvalue weighted by molar-refractivity contribution is -0.132. The molecule has 1 amide bonds. The number of pyridine rings is 1. The van der Waals surface area contributed by atoms with Crippen LogP contribution in [0.25, 0.3) is 0 Å². The first-order valence-corrected chi connectivity index (χ1v) is 7.65. The van der Waals surface area contributed by atoms with E-state index in [0.717, 1.165) is 11.1 Å². The van der Waals surface area contributed by atoms with E-state index in [2.05, 4.69) is 20.5 Å². The Kier molecular flexibility index (Phi) is 4.81. The van der Waals surface area contributed by atoms with Crippen LogP contribution in [0, 0.1) is 0 Å². The first-order chi connectivity index (χ1) is 11.6. The Labute approximate surface area is 143 Å². The summed E-state index contributed by atoms with van der Waals surface area (Å²) in [7, 11) is 1.75. The molecule has 2 aromatic heterocycles. The number of benzene rings is 1. The summed E-state index contributed by atoms with van der Waals surface area (Å²) in [6.07, 6.45) is 4.86. The number of likely N-dealkylation sites (N-methyl/N-ethyl adjacent to an activating group) is 1. The number of carbonyl (C=O) groups excluding carboxylic acids is 1. The molecule has 7 nitrogen and oxygen atoms in total. The minimum absolute atomic E-state index is 0.0633. The number of aromatic nitrogens is 5. The third-order valence-corrected chi connectivity index (χ3v) is 3.91. The molecular weight excluding hydrogens is 328 g/mol. The van der Waals surface area contributed by atoms with Crippen molar-refractivity contribution >= 4 is 17.5 Å². The van der Waals surface area contributed by atoms with E-state index in [1.54, 1.807) is 36.5 Å². The monoisotopic (exact) mass is 342 g/mol. The topological polar surface area (TPSA) is 76.8 Å². The minimum Gasteiger partial charge on any atom is -0.333 e. The SMILES string of the molecule is CN(C(=O)Cn1cnnn1)[C@@H](c1ccc(Cl)cc1)c1cccnc1. The summed E-state index contributed by atoms with van der Waals surface area (Å²) in [5.74, 6) is -0.119. The van der Waals surface area contributed by atoms with Crippen molar-refractivity contribution in [3.05, 3.63) is 71.3 Å². The molecule has 0 N–H and O–H groups in total. The van der Waals surface area contributed by atoms with Crippen molar-refractivity contribution in [2.24, 2.45) is 0 Å². The minimum atomic E-state index is -0.278. The summed E-state index contributed by atoms with van der Waals surface area (Å²) >= 11 is 5.98. The third-order valence-electron chi connectivity index (χ3n) is 3.66. The summed E-state index contributed by atoms with van der Waals surface area (Å²) in [5.41, 5.74) is 1.85. The Morgan fingerprint density at radius 2 is 2.04 bits per heavy atom. The summed E-state index contributed by atoms with van der Waals surface area (Å²) < 4.78 is 1.39. The maximum atomic E-state index is 12.6. The highest BCUT2D eigenvalue weighted by atomic mass is 35.5. The van der Waals surface area contributed by atoms with Crippen LogP contribution in [0.5, 0.6) is 0 Å². The fourth-order valence-corrected chi connectivity index (χ4v) is 2.60. The van der Waals surface area contributed by atoms with Gasteiger partial charge in [-0.1, -0.05) is 29.8 Å². The van der Waals surface area contributed by atoms with Crippen molar-refractivity contribution in [1.29, 1.82) is 0 Å². The Bertz CT molecular complexity index is 791. The van der Waals surface area contributed by atoms with E-state index in [-0.39, 0.29) is 18.5 Å². The van der Waals surface area contributed by atoms with E-state index in [0.29, 0.717) is 5.02 Å². The maximum absolute atomic E-state index is 12.6. The van der Waals surface area contributed by atoms with Gasteiger partial charge in [0.25, 0.3) is 0 Å². The first kappa shape index (κ1) is 16.1. The largest absolute Gasteiger partial charge is 0.333 e. The number of nitrogens with zero attached hydrogens (tertiary/aromatic N) is 6. The number of halogens is 1. The van der Waals surface area contributed by atoms with Crippen LogP contribution in [0.2, 0.25) is 5.02 Å². The highest BCUT2D eigenvalue weighted by Crippen LogP contribution is 2.28. The highest BCUT2D eigenvalue weighted by molar-refractivity contribution is 6.30. The lowest BCUT2D eigenvalue weighted by atomic mass is 9.99. The van der Waals surface area contributed by atoms with Gasteiger partial charge in [0.05, 0.1) is 6.04 Å². The van der Waals surface area contributed by atoms with Gasteiger partial charge in [-0.15, -0.1) is 5.10 Å². The normalized spacial score (nSPS) is 11.9. The fraction of sp³-hybridized carbons (Fsp3) is 0.188. The molecular formula is C16H15ClN6O.